The number of urea groups is 1. The Balaban J connectivity index is 2.35. The molecule has 1 atom stereocenters. The summed E-state index contributed by atoms with van der Waals surface area (Å²) in [7, 11) is 0. The van der Waals surface area contributed by atoms with E-state index in [1.54, 1.807) is 4.90 Å². The number of hydrogen-bond donors (Lipinski definition) is 2. The third-order valence-electron chi connectivity index (χ3n) is 4.07. The summed E-state index contributed by atoms with van der Waals surface area (Å²) in [5.74, 6) is 0.526. The van der Waals surface area contributed by atoms with Crippen LogP contribution >= 0.6 is 0 Å². The quantitative estimate of drug-likeness (QED) is 0.858. The van der Waals surface area contributed by atoms with Gasteiger partial charge in [-0.05, 0) is 17.9 Å². The fourth-order valence-electron chi connectivity index (χ4n) is 2.95. The van der Waals surface area contributed by atoms with Crippen LogP contribution in [-0.2, 0) is 6.54 Å². The molecule has 1 aliphatic heterocycles. The van der Waals surface area contributed by atoms with Crippen molar-refractivity contribution < 1.29 is 4.79 Å². The first kappa shape index (κ1) is 13.6. The van der Waals surface area contributed by atoms with Gasteiger partial charge in [0.1, 0.15) is 11.4 Å². The molecule has 0 aliphatic carbocycles. The molecule has 0 bridgehead atoms. The van der Waals surface area contributed by atoms with Crippen molar-refractivity contribution in [2.24, 2.45) is 5.92 Å². The van der Waals surface area contributed by atoms with Crippen LogP contribution < -0.4 is 5.32 Å². The Morgan fingerprint density at radius 1 is 1.32 bits per heavy atom. The molecule has 1 heterocycles. The molecule has 1 fully saturated rings. The van der Waals surface area contributed by atoms with Crippen LogP contribution in [0.5, 0.6) is 0 Å². The van der Waals surface area contributed by atoms with Crippen molar-refractivity contribution in [3.63, 3.8) is 0 Å². The number of nitrogens with zero attached hydrogens (tertiary/aromatic N) is 1. The minimum absolute atomic E-state index is 0.163. The lowest BCUT2D eigenvalue weighted by molar-refractivity contribution is 0.134. The zero-order valence-electron chi connectivity index (χ0n) is 11.7. The summed E-state index contributed by atoms with van der Waals surface area (Å²) in [6, 6.07) is 9.76. The average molecular weight is 259 g/mol. The first-order valence-electron chi connectivity index (χ1n) is 6.74. The van der Waals surface area contributed by atoms with Gasteiger partial charge in [-0.2, -0.15) is 0 Å². The number of amidine groups is 1. The first-order chi connectivity index (χ1) is 9.02. The molecular weight excluding hydrogens is 238 g/mol. The number of benzene rings is 1. The second-order valence-electron chi connectivity index (χ2n) is 5.31. The van der Waals surface area contributed by atoms with Gasteiger partial charge < -0.3 is 4.90 Å². The van der Waals surface area contributed by atoms with E-state index >= 15 is 0 Å². The molecule has 0 radical (unpaired) electrons. The number of carbonyl (C=O) groups excluding carboxylic acids is 1. The molecule has 4 nitrogen and oxygen atoms in total. The molecule has 4 heteroatoms. The minimum atomic E-state index is -0.507. The monoisotopic (exact) mass is 259 g/mol. The van der Waals surface area contributed by atoms with Gasteiger partial charge >= 0.3 is 6.03 Å². The Bertz CT molecular complexity index is 483. The van der Waals surface area contributed by atoms with Crippen molar-refractivity contribution in [1.29, 1.82) is 5.41 Å². The third kappa shape index (κ3) is 2.11. The molecule has 1 aromatic carbocycles. The number of nitrogens with one attached hydrogen (secondary N) is 2. The molecule has 1 unspecified atom stereocenters. The highest BCUT2D eigenvalue weighted by Gasteiger charge is 2.50. The van der Waals surface area contributed by atoms with Crippen LogP contribution in [0.4, 0.5) is 4.79 Å². The van der Waals surface area contributed by atoms with Gasteiger partial charge in [-0.15, -0.1) is 0 Å². The van der Waals surface area contributed by atoms with Crippen LogP contribution in [0.15, 0.2) is 30.3 Å². The van der Waals surface area contributed by atoms with E-state index < -0.39 is 5.54 Å². The number of rotatable bonds is 4. The van der Waals surface area contributed by atoms with Gasteiger partial charge in [-0.1, -0.05) is 51.1 Å². The maximum Gasteiger partial charge on any atom is 0.323 e. The van der Waals surface area contributed by atoms with Crippen LogP contribution in [0, 0.1) is 11.3 Å². The van der Waals surface area contributed by atoms with E-state index in [1.807, 2.05) is 37.3 Å². The van der Waals surface area contributed by atoms with Gasteiger partial charge in [-0.25, -0.2) is 4.79 Å². The predicted molar refractivity (Wildman–Crippen MR) is 76.1 cm³/mol. The SMILES string of the molecule is CCC1(C(C)C)C(=N)NC(=O)N1Cc1ccccc1. The third-order valence-corrected chi connectivity index (χ3v) is 4.07. The standard InChI is InChI=1S/C15H21N3O/c1-4-15(11(2)3)13(16)17-14(19)18(15)10-12-8-6-5-7-9-12/h5-9,11H,4,10H2,1-3H3,(H2,16,17,19). The van der Waals surface area contributed by atoms with Gasteiger partial charge in [-0.3, -0.25) is 10.7 Å². The molecule has 0 aromatic heterocycles. The highest BCUT2D eigenvalue weighted by atomic mass is 16.2. The van der Waals surface area contributed by atoms with Gasteiger partial charge in [0.25, 0.3) is 0 Å². The molecule has 0 saturated carbocycles. The number of amides is 2. The molecular formula is C15H21N3O. The lowest BCUT2D eigenvalue weighted by Crippen LogP contribution is -2.52. The smallest absolute Gasteiger partial charge is 0.307 e. The average Bonchev–Trinajstić information content (AvgIpc) is 2.63. The highest BCUT2D eigenvalue weighted by molar-refractivity contribution is 6.08. The fraction of sp³-hybridized carbons (Fsp3) is 0.467. The Labute approximate surface area is 114 Å². The summed E-state index contributed by atoms with van der Waals surface area (Å²) < 4.78 is 0. The minimum Gasteiger partial charge on any atom is -0.307 e. The molecule has 0 spiro atoms. The summed E-state index contributed by atoms with van der Waals surface area (Å²) in [6.45, 7) is 6.71. The topological polar surface area (TPSA) is 56.2 Å². The Kier molecular flexibility index (Phi) is 3.60. The zero-order valence-corrected chi connectivity index (χ0v) is 11.7. The van der Waals surface area contributed by atoms with Crippen molar-refractivity contribution in [3.8, 4) is 0 Å². The van der Waals surface area contributed by atoms with E-state index in [0.717, 1.165) is 12.0 Å². The summed E-state index contributed by atoms with van der Waals surface area (Å²) in [4.78, 5) is 13.9. The summed E-state index contributed by atoms with van der Waals surface area (Å²) in [6.07, 6.45) is 0.745. The summed E-state index contributed by atoms with van der Waals surface area (Å²) in [5.41, 5.74) is 0.582. The molecule has 1 saturated heterocycles. The van der Waals surface area contributed by atoms with E-state index in [4.69, 9.17) is 5.41 Å². The van der Waals surface area contributed by atoms with E-state index in [9.17, 15) is 4.79 Å². The van der Waals surface area contributed by atoms with E-state index in [2.05, 4.69) is 19.2 Å². The van der Waals surface area contributed by atoms with Crippen molar-refractivity contribution in [2.45, 2.75) is 39.3 Å². The molecule has 1 aliphatic rings. The van der Waals surface area contributed by atoms with E-state index in [1.165, 1.54) is 0 Å². The van der Waals surface area contributed by atoms with Crippen molar-refractivity contribution in [3.05, 3.63) is 35.9 Å². The van der Waals surface area contributed by atoms with Gasteiger partial charge in [0.2, 0.25) is 0 Å². The van der Waals surface area contributed by atoms with Crippen LogP contribution in [0.1, 0.15) is 32.8 Å². The van der Waals surface area contributed by atoms with E-state index in [0.29, 0.717) is 12.4 Å². The predicted octanol–water partition coefficient (Wildman–Crippen LogP) is 2.99. The molecule has 2 rings (SSSR count). The van der Waals surface area contributed by atoms with Gasteiger partial charge in [0, 0.05) is 6.54 Å². The zero-order chi connectivity index (χ0) is 14.0. The Morgan fingerprint density at radius 3 is 2.47 bits per heavy atom. The van der Waals surface area contributed by atoms with Crippen LogP contribution in [0.2, 0.25) is 0 Å². The number of hydrogen-bond acceptors (Lipinski definition) is 2. The van der Waals surface area contributed by atoms with Gasteiger partial charge in [0.15, 0.2) is 0 Å². The highest BCUT2D eigenvalue weighted by Crippen LogP contribution is 2.34. The summed E-state index contributed by atoms with van der Waals surface area (Å²) >= 11 is 0. The number of carbonyl (C=O) groups is 1. The van der Waals surface area contributed by atoms with Crippen molar-refractivity contribution in [1.82, 2.24) is 10.2 Å². The lowest BCUT2D eigenvalue weighted by atomic mass is 9.82. The maximum atomic E-state index is 12.1. The molecule has 1 aromatic rings. The molecule has 102 valence electrons. The lowest BCUT2D eigenvalue weighted by Gasteiger charge is -2.39. The largest absolute Gasteiger partial charge is 0.323 e. The van der Waals surface area contributed by atoms with Crippen LogP contribution in [-0.4, -0.2) is 22.3 Å². The normalized spacial score (nSPS) is 23.1. The summed E-state index contributed by atoms with van der Waals surface area (Å²) in [5, 5.41) is 10.8. The second-order valence-corrected chi connectivity index (χ2v) is 5.31. The second kappa shape index (κ2) is 5.03. The first-order valence-corrected chi connectivity index (χ1v) is 6.74. The van der Waals surface area contributed by atoms with Gasteiger partial charge in [0.05, 0.1) is 0 Å². The van der Waals surface area contributed by atoms with Crippen LogP contribution in [0.3, 0.4) is 0 Å². The molecule has 19 heavy (non-hydrogen) atoms. The molecule has 2 amide bonds. The van der Waals surface area contributed by atoms with Crippen LogP contribution in [0.25, 0.3) is 0 Å². The maximum absolute atomic E-state index is 12.1. The van der Waals surface area contributed by atoms with Crippen molar-refractivity contribution in [2.75, 3.05) is 0 Å². The van der Waals surface area contributed by atoms with E-state index in [-0.39, 0.29) is 11.9 Å². The van der Waals surface area contributed by atoms with Crippen molar-refractivity contribution >= 4 is 11.9 Å². The molecule has 2 N–H and O–H groups in total. The fourth-order valence-corrected chi connectivity index (χ4v) is 2.95. The Morgan fingerprint density at radius 2 is 1.95 bits per heavy atom. The Hall–Kier alpha value is -1.84.